The minimum absolute atomic E-state index is 0.0162. The van der Waals surface area contributed by atoms with E-state index >= 15 is 0 Å². The number of carbonyl (C=O) groups excluding carboxylic acids is 1. The van der Waals surface area contributed by atoms with Gasteiger partial charge in [0.2, 0.25) is 0 Å². The van der Waals surface area contributed by atoms with Crippen molar-refractivity contribution >= 4 is 23.4 Å². The number of hydrogen-bond donors (Lipinski definition) is 2. The Morgan fingerprint density at radius 2 is 1.87 bits per heavy atom. The number of hydrogen-bond acceptors (Lipinski definition) is 5. The molecule has 1 amide bonds. The Balaban J connectivity index is 1.82. The first-order valence-electron chi connectivity index (χ1n) is 10.1. The molecule has 2 heterocycles. The highest BCUT2D eigenvalue weighted by atomic mass is 16.4. The smallest absolute Gasteiger partial charge is 0.339 e. The highest BCUT2D eigenvalue weighted by molar-refractivity contribution is 6.05. The minimum atomic E-state index is -1.11. The molecule has 31 heavy (non-hydrogen) atoms. The van der Waals surface area contributed by atoms with Crippen LogP contribution in [0.15, 0.2) is 42.6 Å². The van der Waals surface area contributed by atoms with Crippen LogP contribution in [0.25, 0.3) is 0 Å². The predicted molar refractivity (Wildman–Crippen MR) is 120 cm³/mol. The molecule has 0 spiro atoms. The van der Waals surface area contributed by atoms with Gasteiger partial charge < -0.3 is 15.3 Å². The number of aromatic nitrogens is 3. The van der Waals surface area contributed by atoms with Crippen molar-refractivity contribution in [1.82, 2.24) is 14.8 Å². The van der Waals surface area contributed by atoms with Crippen molar-refractivity contribution in [3.63, 3.8) is 0 Å². The zero-order chi connectivity index (χ0) is 22.5. The van der Waals surface area contributed by atoms with Crippen molar-refractivity contribution in [2.24, 2.45) is 0 Å². The number of aryl methyl sites for hydroxylation is 3. The van der Waals surface area contributed by atoms with Gasteiger partial charge in [-0.05, 0) is 44.5 Å². The van der Waals surface area contributed by atoms with Gasteiger partial charge in [0.05, 0.1) is 29.8 Å². The Kier molecular flexibility index (Phi) is 6.69. The van der Waals surface area contributed by atoms with E-state index in [-0.39, 0.29) is 11.5 Å². The third-order valence-corrected chi connectivity index (χ3v) is 4.85. The van der Waals surface area contributed by atoms with Gasteiger partial charge in [-0.15, -0.1) is 0 Å². The molecular weight excluding hydrogens is 394 g/mol. The van der Waals surface area contributed by atoms with Crippen molar-refractivity contribution in [1.29, 1.82) is 0 Å². The fourth-order valence-electron chi connectivity index (χ4n) is 3.35. The number of benzene rings is 1. The standard InChI is InChI=1S/C23H27N5O3/c1-5-10-28-19(11-16(3)26-28)14-27(4)21-20(23(30)31)12-18(13-24-21)25-22(29)17-8-6-15(2)7-9-17/h6-9,11-13H,5,10,14H2,1-4H3,(H,25,29)(H,30,31). The first-order valence-corrected chi connectivity index (χ1v) is 10.1. The van der Waals surface area contributed by atoms with Crippen LogP contribution in [-0.4, -0.2) is 38.8 Å². The van der Waals surface area contributed by atoms with Crippen LogP contribution in [0.5, 0.6) is 0 Å². The number of nitrogens with one attached hydrogen (secondary N) is 1. The third-order valence-electron chi connectivity index (χ3n) is 4.85. The van der Waals surface area contributed by atoms with Crippen molar-refractivity contribution in [3.8, 4) is 0 Å². The fraction of sp³-hybridized carbons (Fsp3) is 0.304. The molecule has 0 radical (unpaired) electrons. The summed E-state index contributed by atoms with van der Waals surface area (Å²) >= 11 is 0. The van der Waals surface area contributed by atoms with E-state index < -0.39 is 5.97 Å². The average Bonchev–Trinajstić information content (AvgIpc) is 3.07. The third kappa shape index (κ3) is 5.28. The Morgan fingerprint density at radius 1 is 1.16 bits per heavy atom. The van der Waals surface area contributed by atoms with E-state index in [4.69, 9.17) is 0 Å². The summed E-state index contributed by atoms with van der Waals surface area (Å²) in [7, 11) is 1.79. The van der Waals surface area contributed by atoms with Gasteiger partial charge in [0, 0.05) is 19.2 Å². The molecule has 8 nitrogen and oxygen atoms in total. The summed E-state index contributed by atoms with van der Waals surface area (Å²) in [5, 5.41) is 16.9. The summed E-state index contributed by atoms with van der Waals surface area (Å²) in [6.07, 6.45) is 2.42. The van der Waals surface area contributed by atoms with Gasteiger partial charge >= 0.3 is 5.97 Å². The normalized spacial score (nSPS) is 10.7. The number of anilines is 2. The largest absolute Gasteiger partial charge is 0.478 e. The lowest BCUT2D eigenvalue weighted by Crippen LogP contribution is -2.23. The molecule has 3 aromatic rings. The van der Waals surface area contributed by atoms with Crippen molar-refractivity contribution < 1.29 is 14.7 Å². The topological polar surface area (TPSA) is 100 Å². The number of carboxylic acid groups (broad SMARTS) is 1. The summed E-state index contributed by atoms with van der Waals surface area (Å²) in [5.41, 5.74) is 3.78. The van der Waals surface area contributed by atoms with Gasteiger partial charge in [0.1, 0.15) is 11.4 Å². The number of aromatic carboxylic acids is 1. The van der Waals surface area contributed by atoms with E-state index in [1.54, 1.807) is 24.1 Å². The summed E-state index contributed by atoms with van der Waals surface area (Å²) in [6, 6.07) is 10.6. The second-order valence-corrected chi connectivity index (χ2v) is 7.58. The van der Waals surface area contributed by atoms with Crippen LogP contribution in [0, 0.1) is 13.8 Å². The molecule has 8 heteroatoms. The summed E-state index contributed by atoms with van der Waals surface area (Å²) in [4.78, 5) is 30.5. The summed E-state index contributed by atoms with van der Waals surface area (Å²) < 4.78 is 1.93. The van der Waals surface area contributed by atoms with Crippen LogP contribution in [0.4, 0.5) is 11.5 Å². The first kappa shape index (κ1) is 22.0. The molecule has 0 saturated carbocycles. The lowest BCUT2D eigenvalue weighted by atomic mass is 10.1. The van der Waals surface area contributed by atoms with Crippen molar-refractivity contribution in [2.75, 3.05) is 17.3 Å². The molecule has 3 rings (SSSR count). The molecule has 0 fully saturated rings. The summed E-state index contributed by atoms with van der Waals surface area (Å²) in [5.74, 6) is -1.11. The molecule has 0 saturated heterocycles. The molecule has 0 bridgehead atoms. The van der Waals surface area contributed by atoms with Gasteiger partial charge in [-0.1, -0.05) is 24.6 Å². The molecule has 0 aliphatic carbocycles. The molecule has 0 unspecified atom stereocenters. The lowest BCUT2D eigenvalue weighted by Gasteiger charge is -2.21. The van der Waals surface area contributed by atoms with Gasteiger partial charge in [0.15, 0.2) is 0 Å². The van der Waals surface area contributed by atoms with Crippen LogP contribution in [-0.2, 0) is 13.1 Å². The Labute approximate surface area is 181 Å². The molecule has 2 aromatic heterocycles. The van der Waals surface area contributed by atoms with E-state index in [1.165, 1.54) is 12.3 Å². The van der Waals surface area contributed by atoms with Gasteiger partial charge in [0.25, 0.3) is 5.91 Å². The van der Waals surface area contributed by atoms with Crippen LogP contribution in [0.3, 0.4) is 0 Å². The molecule has 2 N–H and O–H groups in total. The molecule has 0 aliphatic heterocycles. The minimum Gasteiger partial charge on any atom is -0.478 e. The van der Waals surface area contributed by atoms with Gasteiger partial charge in [-0.25, -0.2) is 9.78 Å². The number of pyridine rings is 1. The quantitative estimate of drug-likeness (QED) is 0.572. The van der Waals surface area contributed by atoms with Gasteiger partial charge in [-0.3, -0.25) is 9.48 Å². The van der Waals surface area contributed by atoms with E-state index in [1.807, 2.05) is 36.7 Å². The van der Waals surface area contributed by atoms with Crippen LogP contribution >= 0.6 is 0 Å². The zero-order valence-corrected chi connectivity index (χ0v) is 18.2. The fourth-order valence-corrected chi connectivity index (χ4v) is 3.35. The maximum absolute atomic E-state index is 12.5. The van der Waals surface area contributed by atoms with Crippen LogP contribution in [0.2, 0.25) is 0 Å². The predicted octanol–water partition coefficient (Wildman–Crippen LogP) is 3.89. The van der Waals surface area contributed by atoms with Crippen molar-refractivity contribution in [2.45, 2.75) is 40.3 Å². The second kappa shape index (κ2) is 9.42. The molecule has 0 atom stereocenters. The Bertz CT molecular complexity index is 1090. The number of amides is 1. The molecule has 0 aliphatic rings. The maximum atomic E-state index is 12.5. The highest BCUT2D eigenvalue weighted by Gasteiger charge is 2.19. The Morgan fingerprint density at radius 3 is 2.52 bits per heavy atom. The number of nitrogens with zero attached hydrogens (tertiary/aromatic N) is 4. The number of carbonyl (C=O) groups is 2. The maximum Gasteiger partial charge on any atom is 0.339 e. The van der Waals surface area contributed by atoms with E-state index in [0.717, 1.165) is 29.9 Å². The highest BCUT2D eigenvalue weighted by Crippen LogP contribution is 2.23. The molecule has 1 aromatic carbocycles. The van der Waals surface area contributed by atoms with E-state index in [0.29, 0.717) is 23.6 Å². The van der Waals surface area contributed by atoms with Crippen LogP contribution in [0.1, 0.15) is 51.0 Å². The number of carboxylic acids is 1. The second-order valence-electron chi connectivity index (χ2n) is 7.58. The SMILES string of the molecule is CCCn1nc(C)cc1CN(C)c1ncc(NC(=O)c2ccc(C)cc2)cc1C(=O)O. The lowest BCUT2D eigenvalue weighted by molar-refractivity contribution is 0.0696. The van der Waals surface area contributed by atoms with Crippen LogP contribution < -0.4 is 10.2 Å². The van der Waals surface area contributed by atoms with E-state index in [2.05, 4.69) is 22.3 Å². The molecular formula is C23H27N5O3. The number of rotatable bonds is 8. The van der Waals surface area contributed by atoms with E-state index in [9.17, 15) is 14.7 Å². The zero-order valence-electron chi connectivity index (χ0n) is 18.2. The first-order chi connectivity index (χ1) is 14.8. The average molecular weight is 422 g/mol. The molecule has 162 valence electrons. The van der Waals surface area contributed by atoms with Crippen molar-refractivity contribution in [3.05, 3.63) is 70.7 Å². The Hall–Kier alpha value is -3.68. The van der Waals surface area contributed by atoms with Gasteiger partial charge in [-0.2, -0.15) is 5.10 Å². The monoisotopic (exact) mass is 421 g/mol. The summed E-state index contributed by atoms with van der Waals surface area (Å²) in [6.45, 7) is 7.21.